The first-order chi connectivity index (χ1) is 8.86. The molecular formula is C14H19ClN4. The van der Waals surface area contributed by atoms with Crippen molar-refractivity contribution in [2.45, 2.75) is 39.8 Å². The standard InChI is InChI=1S/C14H19ClN4/c1-10-5-6-13(12(15)7-10)16-8-11-9-19(18-17-11)14(2,3)4/h5-7,9,16H,8H2,1-4H3. The monoisotopic (exact) mass is 278 g/mol. The Bertz CT molecular complexity index is 569. The van der Waals surface area contributed by atoms with Gasteiger partial charge in [0.15, 0.2) is 0 Å². The third kappa shape index (κ3) is 3.47. The van der Waals surface area contributed by atoms with Gasteiger partial charge in [-0.15, -0.1) is 5.10 Å². The first kappa shape index (κ1) is 13.9. The van der Waals surface area contributed by atoms with Gasteiger partial charge in [-0.2, -0.15) is 0 Å². The molecule has 0 aliphatic rings. The summed E-state index contributed by atoms with van der Waals surface area (Å²) in [6.45, 7) is 8.91. The van der Waals surface area contributed by atoms with Gasteiger partial charge in [-0.1, -0.05) is 22.9 Å². The number of halogens is 1. The number of anilines is 1. The minimum Gasteiger partial charge on any atom is -0.378 e. The van der Waals surface area contributed by atoms with Crippen LogP contribution >= 0.6 is 11.6 Å². The second-order valence-electron chi connectivity index (χ2n) is 5.66. The summed E-state index contributed by atoms with van der Waals surface area (Å²) in [5, 5.41) is 12.3. The van der Waals surface area contributed by atoms with Crippen molar-refractivity contribution in [1.82, 2.24) is 15.0 Å². The van der Waals surface area contributed by atoms with Gasteiger partial charge in [0.25, 0.3) is 0 Å². The van der Waals surface area contributed by atoms with Gasteiger partial charge in [-0.3, -0.25) is 0 Å². The Morgan fingerprint density at radius 1 is 1.32 bits per heavy atom. The van der Waals surface area contributed by atoms with E-state index in [1.54, 1.807) is 0 Å². The average Bonchev–Trinajstić information content (AvgIpc) is 2.76. The molecule has 1 aromatic carbocycles. The molecule has 4 nitrogen and oxygen atoms in total. The largest absolute Gasteiger partial charge is 0.378 e. The molecular weight excluding hydrogens is 260 g/mol. The lowest BCUT2D eigenvalue weighted by Gasteiger charge is -2.17. The second-order valence-corrected chi connectivity index (χ2v) is 6.07. The predicted molar refractivity (Wildman–Crippen MR) is 78.5 cm³/mol. The van der Waals surface area contributed by atoms with Crippen molar-refractivity contribution < 1.29 is 0 Å². The third-order valence-electron chi connectivity index (χ3n) is 2.81. The maximum Gasteiger partial charge on any atom is 0.102 e. The number of rotatable bonds is 3. The molecule has 0 amide bonds. The average molecular weight is 279 g/mol. The van der Waals surface area contributed by atoms with Crippen molar-refractivity contribution in [3.8, 4) is 0 Å². The molecule has 0 fully saturated rings. The number of aromatic nitrogens is 3. The summed E-state index contributed by atoms with van der Waals surface area (Å²) in [5.74, 6) is 0. The summed E-state index contributed by atoms with van der Waals surface area (Å²) >= 11 is 6.17. The Morgan fingerprint density at radius 2 is 2.05 bits per heavy atom. The van der Waals surface area contributed by atoms with Gasteiger partial charge in [-0.05, 0) is 45.4 Å². The Morgan fingerprint density at radius 3 is 2.63 bits per heavy atom. The summed E-state index contributed by atoms with van der Waals surface area (Å²) in [6, 6.07) is 5.95. The summed E-state index contributed by atoms with van der Waals surface area (Å²) in [7, 11) is 0. The molecule has 102 valence electrons. The molecule has 5 heteroatoms. The van der Waals surface area contributed by atoms with Crippen LogP contribution in [0.5, 0.6) is 0 Å². The van der Waals surface area contributed by atoms with Gasteiger partial charge in [0.2, 0.25) is 0 Å². The molecule has 0 spiro atoms. The molecule has 0 saturated heterocycles. The third-order valence-corrected chi connectivity index (χ3v) is 3.13. The van der Waals surface area contributed by atoms with E-state index in [1.807, 2.05) is 36.0 Å². The highest BCUT2D eigenvalue weighted by Crippen LogP contribution is 2.23. The zero-order chi connectivity index (χ0) is 14.0. The van der Waals surface area contributed by atoms with Crippen LogP contribution in [-0.4, -0.2) is 15.0 Å². The molecule has 0 unspecified atom stereocenters. The van der Waals surface area contributed by atoms with E-state index in [4.69, 9.17) is 11.6 Å². The summed E-state index contributed by atoms with van der Waals surface area (Å²) in [6.07, 6.45) is 1.95. The zero-order valence-electron chi connectivity index (χ0n) is 11.7. The van der Waals surface area contributed by atoms with Crippen LogP contribution in [0.4, 0.5) is 5.69 Å². The first-order valence-electron chi connectivity index (χ1n) is 6.28. The Labute approximate surface area is 118 Å². The van der Waals surface area contributed by atoms with Gasteiger partial charge < -0.3 is 5.32 Å². The topological polar surface area (TPSA) is 42.7 Å². The van der Waals surface area contributed by atoms with Crippen molar-refractivity contribution in [3.05, 3.63) is 40.7 Å². The fourth-order valence-electron chi connectivity index (χ4n) is 1.66. The minimum absolute atomic E-state index is 0.0489. The smallest absolute Gasteiger partial charge is 0.102 e. The maximum atomic E-state index is 6.17. The Kier molecular flexibility index (Phi) is 3.80. The molecule has 0 atom stereocenters. The fraction of sp³-hybridized carbons (Fsp3) is 0.429. The van der Waals surface area contributed by atoms with Crippen LogP contribution in [0.2, 0.25) is 5.02 Å². The summed E-state index contributed by atoms with van der Waals surface area (Å²) in [4.78, 5) is 0. The van der Waals surface area contributed by atoms with Gasteiger partial charge in [0, 0.05) is 0 Å². The van der Waals surface area contributed by atoms with E-state index >= 15 is 0 Å². The number of benzene rings is 1. The number of aryl methyl sites for hydroxylation is 1. The van der Waals surface area contributed by atoms with E-state index in [2.05, 4.69) is 36.4 Å². The molecule has 0 aliphatic heterocycles. The zero-order valence-corrected chi connectivity index (χ0v) is 12.5. The number of nitrogens with one attached hydrogen (secondary N) is 1. The molecule has 1 aromatic heterocycles. The highest BCUT2D eigenvalue weighted by atomic mass is 35.5. The quantitative estimate of drug-likeness (QED) is 0.933. The normalized spacial score (nSPS) is 11.6. The molecule has 0 aliphatic carbocycles. The lowest BCUT2D eigenvalue weighted by molar-refractivity contribution is 0.347. The highest BCUT2D eigenvalue weighted by molar-refractivity contribution is 6.33. The predicted octanol–water partition coefficient (Wildman–Crippen LogP) is 3.61. The minimum atomic E-state index is -0.0489. The van der Waals surface area contributed by atoms with E-state index in [1.165, 1.54) is 0 Å². The molecule has 19 heavy (non-hydrogen) atoms. The summed E-state index contributed by atoms with van der Waals surface area (Å²) in [5.41, 5.74) is 2.91. The van der Waals surface area contributed by atoms with Gasteiger partial charge in [0.1, 0.15) is 5.69 Å². The van der Waals surface area contributed by atoms with E-state index < -0.39 is 0 Å². The molecule has 0 bridgehead atoms. The van der Waals surface area contributed by atoms with Crippen molar-refractivity contribution in [1.29, 1.82) is 0 Å². The van der Waals surface area contributed by atoms with Crippen LogP contribution in [0.25, 0.3) is 0 Å². The van der Waals surface area contributed by atoms with Crippen LogP contribution in [0, 0.1) is 6.92 Å². The molecule has 2 aromatic rings. The maximum absolute atomic E-state index is 6.17. The number of hydrogen-bond donors (Lipinski definition) is 1. The molecule has 1 heterocycles. The Balaban J connectivity index is 2.04. The van der Waals surface area contributed by atoms with E-state index in [9.17, 15) is 0 Å². The molecule has 0 saturated carbocycles. The van der Waals surface area contributed by atoms with Crippen LogP contribution in [-0.2, 0) is 12.1 Å². The summed E-state index contributed by atoms with van der Waals surface area (Å²) < 4.78 is 1.86. The van der Waals surface area contributed by atoms with Crippen molar-refractivity contribution in [3.63, 3.8) is 0 Å². The van der Waals surface area contributed by atoms with Gasteiger partial charge in [0.05, 0.1) is 29.0 Å². The number of hydrogen-bond acceptors (Lipinski definition) is 3. The fourth-order valence-corrected chi connectivity index (χ4v) is 1.96. The molecule has 2 rings (SSSR count). The number of nitrogens with zero attached hydrogens (tertiary/aromatic N) is 3. The molecule has 0 radical (unpaired) electrons. The SMILES string of the molecule is Cc1ccc(NCc2cn(C(C)(C)C)nn2)c(Cl)c1. The van der Waals surface area contributed by atoms with Crippen molar-refractivity contribution in [2.24, 2.45) is 0 Å². The van der Waals surface area contributed by atoms with Crippen LogP contribution in [0.1, 0.15) is 32.0 Å². The highest BCUT2D eigenvalue weighted by Gasteiger charge is 2.14. The van der Waals surface area contributed by atoms with Crippen LogP contribution in [0.3, 0.4) is 0 Å². The lowest BCUT2D eigenvalue weighted by atomic mass is 10.1. The van der Waals surface area contributed by atoms with Crippen LogP contribution in [0.15, 0.2) is 24.4 Å². The van der Waals surface area contributed by atoms with Crippen molar-refractivity contribution in [2.75, 3.05) is 5.32 Å². The lowest BCUT2D eigenvalue weighted by Crippen LogP contribution is -2.22. The second kappa shape index (κ2) is 5.21. The van der Waals surface area contributed by atoms with Gasteiger partial charge in [-0.25, -0.2) is 4.68 Å². The van der Waals surface area contributed by atoms with Crippen LogP contribution < -0.4 is 5.32 Å². The van der Waals surface area contributed by atoms with E-state index in [0.29, 0.717) is 6.54 Å². The van der Waals surface area contributed by atoms with Crippen molar-refractivity contribution >= 4 is 17.3 Å². The Hall–Kier alpha value is -1.55. The molecule has 1 N–H and O–H groups in total. The van der Waals surface area contributed by atoms with Gasteiger partial charge >= 0.3 is 0 Å². The van der Waals surface area contributed by atoms with E-state index in [0.717, 1.165) is 22.0 Å². The first-order valence-corrected chi connectivity index (χ1v) is 6.66. The van der Waals surface area contributed by atoms with E-state index in [-0.39, 0.29) is 5.54 Å².